The van der Waals surface area contributed by atoms with Gasteiger partial charge in [-0.3, -0.25) is 0 Å². The molecule has 1 aliphatic rings. The van der Waals surface area contributed by atoms with E-state index in [0.717, 1.165) is 31.6 Å². The summed E-state index contributed by atoms with van der Waals surface area (Å²) in [6.45, 7) is 4.54. The lowest BCUT2D eigenvalue weighted by molar-refractivity contribution is 0.318. The molecule has 0 radical (unpaired) electrons. The van der Waals surface area contributed by atoms with E-state index in [4.69, 9.17) is 5.73 Å². The van der Waals surface area contributed by atoms with Gasteiger partial charge in [-0.15, -0.1) is 0 Å². The van der Waals surface area contributed by atoms with Crippen molar-refractivity contribution in [3.8, 4) is 0 Å². The molecular formula is C13H27NO2S. The maximum Gasteiger partial charge on any atom is 0.147 e. The van der Waals surface area contributed by atoms with Crippen LogP contribution in [0.25, 0.3) is 0 Å². The Hall–Kier alpha value is -0.0900. The monoisotopic (exact) mass is 261 g/mol. The summed E-state index contributed by atoms with van der Waals surface area (Å²) in [6, 6.07) is 0. The molecule has 0 bridgehead atoms. The predicted octanol–water partition coefficient (Wildman–Crippen LogP) is 2.35. The maximum absolute atomic E-state index is 11.2. The van der Waals surface area contributed by atoms with Crippen molar-refractivity contribution >= 4 is 9.84 Å². The molecule has 0 aromatic rings. The molecular weight excluding hydrogens is 234 g/mol. The summed E-state index contributed by atoms with van der Waals surface area (Å²) in [6.07, 6.45) is 7.41. The first-order chi connectivity index (χ1) is 7.72. The predicted molar refractivity (Wildman–Crippen MR) is 72.7 cm³/mol. The van der Waals surface area contributed by atoms with Crippen molar-refractivity contribution in [3.63, 3.8) is 0 Å². The van der Waals surface area contributed by atoms with Crippen LogP contribution in [-0.4, -0.2) is 26.0 Å². The van der Waals surface area contributed by atoms with Crippen LogP contribution < -0.4 is 5.73 Å². The van der Waals surface area contributed by atoms with E-state index in [-0.39, 0.29) is 11.3 Å². The average molecular weight is 261 g/mol. The Kier molecular flexibility index (Phi) is 5.02. The summed E-state index contributed by atoms with van der Waals surface area (Å²) < 4.78 is 22.4. The minimum Gasteiger partial charge on any atom is -0.325 e. The second kappa shape index (κ2) is 5.70. The normalized spacial score (nSPS) is 31.5. The molecule has 3 nitrogen and oxygen atoms in total. The first-order valence-corrected chi connectivity index (χ1v) is 8.74. The molecule has 0 aromatic carbocycles. The van der Waals surface area contributed by atoms with Crippen molar-refractivity contribution in [2.24, 2.45) is 17.6 Å². The van der Waals surface area contributed by atoms with Gasteiger partial charge in [-0.05, 0) is 37.5 Å². The molecule has 1 aliphatic carbocycles. The van der Waals surface area contributed by atoms with Crippen molar-refractivity contribution in [2.45, 2.75) is 57.9 Å². The molecule has 2 unspecified atom stereocenters. The highest BCUT2D eigenvalue weighted by molar-refractivity contribution is 7.90. The van der Waals surface area contributed by atoms with Crippen molar-refractivity contribution in [3.05, 3.63) is 0 Å². The molecule has 1 rings (SSSR count). The number of hydrogen-bond donors (Lipinski definition) is 1. The number of sulfone groups is 1. The summed E-state index contributed by atoms with van der Waals surface area (Å²) >= 11 is 0. The lowest BCUT2D eigenvalue weighted by Gasteiger charge is -2.28. The Morgan fingerprint density at radius 1 is 1.29 bits per heavy atom. The Balaban J connectivity index is 2.54. The number of nitrogens with two attached hydrogens (primary N) is 1. The van der Waals surface area contributed by atoms with Crippen LogP contribution in [0, 0.1) is 11.8 Å². The van der Waals surface area contributed by atoms with E-state index in [2.05, 4.69) is 13.8 Å². The van der Waals surface area contributed by atoms with Gasteiger partial charge in [-0.1, -0.05) is 26.7 Å². The van der Waals surface area contributed by atoms with Gasteiger partial charge in [0.2, 0.25) is 0 Å². The van der Waals surface area contributed by atoms with Crippen molar-refractivity contribution in [1.29, 1.82) is 0 Å². The second-order valence-corrected chi connectivity index (χ2v) is 8.44. The SMILES string of the molecule is CC(C)C1CCCC(N)(CCS(C)(=O)=O)CC1. The maximum atomic E-state index is 11.2. The minimum atomic E-state index is -2.88. The van der Waals surface area contributed by atoms with E-state index < -0.39 is 9.84 Å². The quantitative estimate of drug-likeness (QED) is 0.790. The molecule has 1 fully saturated rings. The first-order valence-electron chi connectivity index (χ1n) is 6.68. The highest BCUT2D eigenvalue weighted by atomic mass is 32.2. The van der Waals surface area contributed by atoms with Crippen molar-refractivity contribution in [2.75, 3.05) is 12.0 Å². The molecule has 0 spiro atoms. The molecule has 2 atom stereocenters. The summed E-state index contributed by atoms with van der Waals surface area (Å²) in [4.78, 5) is 0. The third-order valence-electron chi connectivity index (χ3n) is 4.18. The van der Waals surface area contributed by atoms with E-state index in [9.17, 15) is 8.42 Å². The number of rotatable bonds is 4. The standard InChI is InChI=1S/C13H27NO2S/c1-11(2)12-5-4-7-13(14,8-6-12)9-10-17(3,15)16/h11-12H,4-10,14H2,1-3H3. The lowest BCUT2D eigenvalue weighted by Crippen LogP contribution is -2.41. The largest absolute Gasteiger partial charge is 0.325 e. The van der Waals surface area contributed by atoms with Crippen LogP contribution >= 0.6 is 0 Å². The Bertz CT molecular complexity index is 337. The fraction of sp³-hybridized carbons (Fsp3) is 1.00. The zero-order valence-electron chi connectivity index (χ0n) is 11.4. The van der Waals surface area contributed by atoms with Gasteiger partial charge in [0.25, 0.3) is 0 Å². The van der Waals surface area contributed by atoms with Crippen LogP contribution in [0.4, 0.5) is 0 Å². The van der Waals surface area contributed by atoms with Crippen LogP contribution in [0.5, 0.6) is 0 Å². The molecule has 0 amide bonds. The fourth-order valence-electron chi connectivity index (χ4n) is 2.76. The molecule has 2 N–H and O–H groups in total. The second-order valence-electron chi connectivity index (χ2n) is 6.18. The van der Waals surface area contributed by atoms with E-state index in [1.807, 2.05) is 0 Å². The third-order valence-corrected chi connectivity index (χ3v) is 5.12. The van der Waals surface area contributed by atoms with E-state index in [1.165, 1.54) is 12.7 Å². The summed E-state index contributed by atoms with van der Waals surface area (Å²) in [5.41, 5.74) is 6.12. The zero-order valence-corrected chi connectivity index (χ0v) is 12.2. The van der Waals surface area contributed by atoms with Crippen molar-refractivity contribution in [1.82, 2.24) is 0 Å². The van der Waals surface area contributed by atoms with Gasteiger partial charge >= 0.3 is 0 Å². The Morgan fingerprint density at radius 2 is 1.94 bits per heavy atom. The number of hydrogen-bond acceptors (Lipinski definition) is 3. The van der Waals surface area contributed by atoms with E-state index in [0.29, 0.717) is 12.3 Å². The smallest absolute Gasteiger partial charge is 0.147 e. The Labute approximate surface area is 106 Å². The molecule has 0 aliphatic heterocycles. The highest BCUT2D eigenvalue weighted by Gasteiger charge is 2.30. The van der Waals surface area contributed by atoms with Crippen LogP contribution in [0.3, 0.4) is 0 Å². The zero-order chi connectivity index (χ0) is 13.1. The van der Waals surface area contributed by atoms with Crippen LogP contribution in [0.15, 0.2) is 0 Å². The van der Waals surface area contributed by atoms with Gasteiger partial charge in [0.15, 0.2) is 0 Å². The molecule has 102 valence electrons. The van der Waals surface area contributed by atoms with Gasteiger partial charge in [-0.25, -0.2) is 8.42 Å². The summed E-state index contributed by atoms with van der Waals surface area (Å²) in [5.74, 6) is 1.71. The first kappa shape index (κ1) is 15.0. The molecule has 0 saturated heterocycles. The topological polar surface area (TPSA) is 60.2 Å². The molecule has 1 saturated carbocycles. The molecule has 17 heavy (non-hydrogen) atoms. The van der Waals surface area contributed by atoms with E-state index >= 15 is 0 Å². The molecule has 0 aromatic heterocycles. The fourth-order valence-corrected chi connectivity index (χ4v) is 3.54. The van der Waals surface area contributed by atoms with Gasteiger partial charge < -0.3 is 5.73 Å². The van der Waals surface area contributed by atoms with Gasteiger partial charge in [-0.2, -0.15) is 0 Å². The molecule has 4 heteroatoms. The summed E-state index contributed by atoms with van der Waals surface area (Å²) in [7, 11) is -2.88. The third kappa shape index (κ3) is 5.38. The highest BCUT2D eigenvalue weighted by Crippen LogP contribution is 2.34. The van der Waals surface area contributed by atoms with Gasteiger partial charge in [0.1, 0.15) is 9.84 Å². The summed E-state index contributed by atoms with van der Waals surface area (Å²) in [5, 5.41) is 0. The van der Waals surface area contributed by atoms with Crippen LogP contribution in [0.2, 0.25) is 0 Å². The van der Waals surface area contributed by atoms with E-state index in [1.54, 1.807) is 0 Å². The van der Waals surface area contributed by atoms with Gasteiger partial charge in [0, 0.05) is 11.8 Å². The minimum absolute atomic E-state index is 0.232. The molecule has 0 heterocycles. The average Bonchev–Trinajstić information content (AvgIpc) is 2.37. The lowest BCUT2D eigenvalue weighted by atomic mass is 9.86. The van der Waals surface area contributed by atoms with Crippen LogP contribution in [0.1, 0.15) is 52.4 Å². The van der Waals surface area contributed by atoms with Crippen LogP contribution in [-0.2, 0) is 9.84 Å². The van der Waals surface area contributed by atoms with Crippen molar-refractivity contribution < 1.29 is 8.42 Å². The Morgan fingerprint density at radius 3 is 2.47 bits per heavy atom. The van der Waals surface area contributed by atoms with Gasteiger partial charge in [0.05, 0.1) is 5.75 Å².